The van der Waals surface area contributed by atoms with Crippen LogP contribution in [0, 0.1) is 0 Å². The molecule has 19 heavy (non-hydrogen) atoms. The average Bonchev–Trinajstić information content (AvgIpc) is 2.36. The van der Waals surface area contributed by atoms with Crippen molar-refractivity contribution < 1.29 is 19.4 Å². The molecule has 1 aromatic rings. The van der Waals surface area contributed by atoms with Crippen LogP contribution in [0.5, 0.6) is 5.75 Å². The predicted octanol–water partition coefficient (Wildman–Crippen LogP) is 3.21. The zero-order valence-electron chi connectivity index (χ0n) is 10.7. The molecule has 0 aliphatic heterocycles. The molecule has 102 valence electrons. The molecular weight excluding hydrogens is 312 g/mol. The Morgan fingerprint density at radius 1 is 1.47 bits per heavy atom. The predicted molar refractivity (Wildman–Crippen MR) is 76.6 cm³/mol. The Kier molecular flexibility index (Phi) is 5.76. The van der Waals surface area contributed by atoms with E-state index in [0.29, 0.717) is 23.5 Å². The largest absolute Gasteiger partial charge is 0.493 e. The minimum atomic E-state index is -1.05. The van der Waals surface area contributed by atoms with Gasteiger partial charge in [-0.3, -0.25) is 4.79 Å². The number of ether oxygens (including phenoxy) is 1. The van der Waals surface area contributed by atoms with Crippen LogP contribution in [-0.2, 0) is 9.59 Å². The third-order valence-electron chi connectivity index (χ3n) is 2.42. The molecule has 0 amide bonds. The van der Waals surface area contributed by atoms with Gasteiger partial charge in [-0.15, -0.1) is 0 Å². The van der Waals surface area contributed by atoms with Crippen molar-refractivity contribution in [3.8, 4) is 5.75 Å². The van der Waals surface area contributed by atoms with Crippen LogP contribution < -0.4 is 4.74 Å². The molecule has 0 aliphatic rings. The molecule has 0 saturated carbocycles. The number of alkyl halides is 1. The van der Waals surface area contributed by atoms with Crippen LogP contribution in [0.25, 0.3) is 6.08 Å². The van der Waals surface area contributed by atoms with Crippen LogP contribution >= 0.6 is 15.9 Å². The second-order valence-electron chi connectivity index (χ2n) is 3.84. The number of hydrogen-bond acceptors (Lipinski definition) is 3. The van der Waals surface area contributed by atoms with E-state index in [2.05, 4.69) is 15.9 Å². The summed E-state index contributed by atoms with van der Waals surface area (Å²) in [6.45, 7) is 3.77. The Hall–Kier alpha value is -1.62. The lowest BCUT2D eigenvalue weighted by atomic mass is 10.0. The van der Waals surface area contributed by atoms with E-state index in [4.69, 9.17) is 9.84 Å². The summed E-state index contributed by atoms with van der Waals surface area (Å²) in [5.74, 6) is -0.548. The lowest BCUT2D eigenvalue weighted by Crippen LogP contribution is -2.05. The molecule has 5 heteroatoms. The highest BCUT2D eigenvalue weighted by Gasteiger charge is 2.18. The second kappa shape index (κ2) is 7.09. The van der Waals surface area contributed by atoms with Gasteiger partial charge in [0.15, 0.2) is 0 Å². The number of hydrogen-bond donors (Lipinski definition) is 1. The molecule has 0 radical (unpaired) electrons. The van der Waals surface area contributed by atoms with Crippen LogP contribution in [-0.4, -0.2) is 23.5 Å². The summed E-state index contributed by atoms with van der Waals surface area (Å²) in [5.41, 5.74) is 1.29. The second-order valence-corrected chi connectivity index (χ2v) is 4.75. The quantitative estimate of drug-likeness (QED) is 0.644. The number of halogens is 1. The SMILES string of the molecule is CCOc1cccc(C(Br)C(C)=O)c1C=CC(=O)O. The van der Waals surface area contributed by atoms with Gasteiger partial charge in [-0.05, 0) is 31.6 Å². The van der Waals surface area contributed by atoms with Gasteiger partial charge in [0.1, 0.15) is 11.5 Å². The molecule has 1 N–H and O–H groups in total. The van der Waals surface area contributed by atoms with Gasteiger partial charge in [0, 0.05) is 11.6 Å². The minimum absolute atomic E-state index is 0.0568. The van der Waals surface area contributed by atoms with E-state index >= 15 is 0 Å². The highest BCUT2D eigenvalue weighted by molar-refractivity contribution is 9.09. The molecule has 0 spiro atoms. The number of ketones is 1. The van der Waals surface area contributed by atoms with Gasteiger partial charge in [-0.2, -0.15) is 0 Å². The van der Waals surface area contributed by atoms with E-state index in [9.17, 15) is 9.59 Å². The first-order valence-electron chi connectivity index (χ1n) is 5.78. The Morgan fingerprint density at radius 3 is 2.68 bits per heavy atom. The Labute approximate surface area is 120 Å². The summed E-state index contributed by atoms with van der Waals surface area (Å²) in [7, 11) is 0. The molecule has 0 heterocycles. The van der Waals surface area contributed by atoms with Crippen LogP contribution in [0.15, 0.2) is 24.3 Å². The van der Waals surface area contributed by atoms with Crippen LogP contribution in [0.4, 0.5) is 0 Å². The Morgan fingerprint density at radius 2 is 2.16 bits per heavy atom. The third kappa shape index (κ3) is 4.21. The van der Waals surface area contributed by atoms with Crippen LogP contribution in [0.2, 0.25) is 0 Å². The number of carbonyl (C=O) groups is 2. The summed E-state index contributed by atoms with van der Waals surface area (Å²) >= 11 is 3.31. The monoisotopic (exact) mass is 326 g/mol. The molecule has 0 bridgehead atoms. The number of carboxylic acid groups (broad SMARTS) is 1. The molecule has 1 rings (SSSR count). The van der Waals surface area contributed by atoms with Crippen molar-refractivity contribution in [1.82, 2.24) is 0 Å². The van der Waals surface area contributed by atoms with Gasteiger partial charge in [0.2, 0.25) is 0 Å². The molecular formula is C14H15BrO4. The molecule has 1 aromatic carbocycles. The first-order valence-corrected chi connectivity index (χ1v) is 6.70. The van der Waals surface area contributed by atoms with Crippen LogP contribution in [0.3, 0.4) is 0 Å². The Balaban J connectivity index is 3.32. The van der Waals surface area contributed by atoms with E-state index in [1.807, 2.05) is 6.92 Å². The molecule has 0 aromatic heterocycles. The average molecular weight is 327 g/mol. The van der Waals surface area contributed by atoms with Crippen molar-refractivity contribution in [1.29, 1.82) is 0 Å². The topological polar surface area (TPSA) is 63.6 Å². The van der Waals surface area contributed by atoms with Gasteiger partial charge >= 0.3 is 5.97 Å². The lowest BCUT2D eigenvalue weighted by molar-refractivity contribution is -0.131. The van der Waals surface area contributed by atoms with Gasteiger partial charge in [-0.25, -0.2) is 4.79 Å². The molecule has 0 fully saturated rings. The summed E-state index contributed by atoms with van der Waals surface area (Å²) < 4.78 is 5.46. The van der Waals surface area contributed by atoms with Crippen LogP contribution in [0.1, 0.15) is 29.8 Å². The summed E-state index contributed by atoms with van der Waals surface area (Å²) in [6.07, 6.45) is 2.47. The number of carbonyl (C=O) groups excluding carboxylic acids is 1. The van der Waals surface area contributed by atoms with Crippen molar-refractivity contribution in [3.63, 3.8) is 0 Å². The third-order valence-corrected chi connectivity index (χ3v) is 3.56. The van der Waals surface area contributed by atoms with Gasteiger partial charge in [0.05, 0.1) is 11.4 Å². The molecule has 4 nitrogen and oxygen atoms in total. The number of aliphatic carboxylic acids is 1. The molecule has 1 unspecified atom stereocenters. The fourth-order valence-corrected chi connectivity index (χ4v) is 2.01. The first kappa shape index (κ1) is 15.4. The van der Waals surface area contributed by atoms with Crippen molar-refractivity contribution in [2.45, 2.75) is 18.7 Å². The summed E-state index contributed by atoms with van der Waals surface area (Å²) in [4.78, 5) is 21.6. The first-order chi connectivity index (χ1) is 8.97. The van der Waals surface area contributed by atoms with E-state index in [1.54, 1.807) is 18.2 Å². The zero-order chi connectivity index (χ0) is 14.4. The normalized spacial score (nSPS) is 12.4. The van der Waals surface area contributed by atoms with E-state index < -0.39 is 10.8 Å². The number of benzene rings is 1. The molecule has 0 saturated heterocycles. The van der Waals surface area contributed by atoms with Crippen molar-refractivity contribution in [2.24, 2.45) is 0 Å². The summed E-state index contributed by atoms with van der Waals surface area (Å²) in [6, 6.07) is 5.29. The fraction of sp³-hybridized carbons (Fsp3) is 0.286. The van der Waals surface area contributed by atoms with E-state index in [-0.39, 0.29) is 5.78 Å². The highest BCUT2D eigenvalue weighted by atomic mass is 79.9. The van der Waals surface area contributed by atoms with Gasteiger partial charge in [-0.1, -0.05) is 28.1 Å². The fourth-order valence-electron chi connectivity index (χ4n) is 1.62. The highest BCUT2D eigenvalue weighted by Crippen LogP contribution is 2.33. The van der Waals surface area contributed by atoms with Crippen molar-refractivity contribution in [3.05, 3.63) is 35.4 Å². The maximum Gasteiger partial charge on any atom is 0.328 e. The smallest absolute Gasteiger partial charge is 0.328 e. The lowest BCUT2D eigenvalue weighted by Gasteiger charge is -2.14. The summed E-state index contributed by atoms with van der Waals surface area (Å²) in [5, 5.41) is 8.73. The Bertz CT molecular complexity index is 508. The van der Waals surface area contributed by atoms with Gasteiger partial charge in [0.25, 0.3) is 0 Å². The number of rotatable bonds is 6. The van der Waals surface area contributed by atoms with E-state index in [1.165, 1.54) is 13.0 Å². The standard InChI is InChI=1S/C14H15BrO4/c1-3-19-12-6-4-5-11(14(15)9(2)16)10(12)7-8-13(17)18/h4-8,14H,3H2,1-2H3,(H,17,18). The molecule has 1 atom stereocenters. The maximum atomic E-state index is 11.5. The van der Waals surface area contributed by atoms with E-state index in [0.717, 1.165) is 6.08 Å². The van der Waals surface area contributed by atoms with Crippen molar-refractivity contribution in [2.75, 3.05) is 6.61 Å². The van der Waals surface area contributed by atoms with Gasteiger partial charge < -0.3 is 9.84 Å². The maximum absolute atomic E-state index is 11.5. The minimum Gasteiger partial charge on any atom is -0.493 e. The number of Topliss-reactive ketones (excluding diaryl/α,β-unsaturated/α-hetero) is 1. The zero-order valence-corrected chi connectivity index (χ0v) is 12.3. The molecule has 0 aliphatic carbocycles. The number of carboxylic acids is 1. The van der Waals surface area contributed by atoms with Crippen molar-refractivity contribution >= 4 is 33.8 Å².